The van der Waals surface area contributed by atoms with E-state index in [9.17, 15) is 5.11 Å². The highest BCUT2D eigenvalue weighted by Gasteiger charge is 2.30. The summed E-state index contributed by atoms with van der Waals surface area (Å²) in [6.45, 7) is 0.859. The van der Waals surface area contributed by atoms with Crippen LogP contribution < -0.4 is 4.74 Å². The zero-order chi connectivity index (χ0) is 11.0. The van der Waals surface area contributed by atoms with E-state index in [2.05, 4.69) is 0 Å². The molecule has 3 heteroatoms. The molecule has 0 radical (unpaired) electrons. The van der Waals surface area contributed by atoms with E-state index in [1.54, 1.807) is 12.1 Å². The summed E-state index contributed by atoms with van der Waals surface area (Å²) in [5.41, 5.74) is 1.19. The van der Waals surface area contributed by atoms with Crippen LogP contribution in [-0.2, 0) is 11.2 Å². The third-order valence-electron chi connectivity index (χ3n) is 3.41. The van der Waals surface area contributed by atoms with Gasteiger partial charge in [0.1, 0.15) is 17.6 Å². The zero-order valence-electron chi connectivity index (χ0n) is 9.19. The Labute approximate surface area is 95.0 Å². The Morgan fingerprint density at radius 3 is 2.94 bits per heavy atom. The minimum absolute atomic E-state index is 0.164. The van der Waals surface area contributed by atoms with Crippen molar-refractivity contribution in [2.45, 2.75) is 37.9 Å². The molecule has 1 aromatic carbocycles. The summed E-state index contributed by atoms with van der Waals surface area (Å²) in [5.74, 6) is 1.10. The van der Waals surface area contributed by atoms with E-state index in [1.165, 1.54) is 5.56 Å². The van der Waals surface area contributed by atoms with E-state index >= 15 is 0 Å². The Bertz CT molecular complexity index is 383. The van der Waals surface area contributed by atoms with Crippen molar-refractivity contribution in [3.8, 4) is 11.5 Å². The van der Waals surface area contributed by atoms with Gasteiger partial charge in [-0.3, -0.25) is 0 Å². The number of fused-ring (bicyclic) bond motifs is 1. The van der Waals surface area contributed by atoms with Gasteiger partial charge in [0.2, 0.25) is 0 Å². The Morgan fingerprint density at radius 2 is 2.12 bits per heavy atom. The smallest absolute Gasteiger partial charge is 0.126 e. The highest BCUT2D eigenvalue weighted by atomic mass is 16.5. The van der Waals surface area contributed by atoms with E-state index in [-0.39, 0.29) is 18.0 Å². The highest BCUT2D eigenvalue weighted by molar-refractivity contribution is 5.41. The lowest BCUT2D eigenvalue weighted by Gasteiger charge is -2.29. The first kappa shape index (κ1) is 9.97. The van der Waals surface area contributed by atoms with Gasteiger partial charge in [-0.05, 0) is 37.3 Å². The maximum atomic E-state index is 9.43. The second kappa shape index (κ2) is 3.98. The number of aryl methyl sites for hydroxylation is 1. The lowest BCUT2D eigenvalue weighted by molar-refractivity contribution is 0.00271. The van der Waals surface area contributed by atoms with E-state index in [4.69, 9.17) is 9.47 Å². The Kier molecular flexibility index (Phi) is 2.48. The average molecular weight is 220 g/mol. The van der Waals surface area contributed by atoms with Crippen LogP contribution >= 0.6 is 0 Å². The largest absolute Gasteiger partial charge is 0.508 e. The molecule has 0 saturated carbocycles. The summed E-state index contributed by atoms with van der Waals surface area (Å²) < 4.78 is 11.6. The molecule has 2 heterocycles. The second-order valence-corrected chi connectivity index (χ2v) is 4.54. The molecule has 16 heavy (non-hydrogen) atoms. The number of phenols is 1. The number of hydrogen-bond acceptors (Lipinski definition) is 3. The average Bonchev–Trinajstić information content (AvgIpc) is 2.81. The fraction of sp³-hybridized carbons (Fsp3) is 0.538. The van der Waals surface area contributed by atoms with Crippen molar-refractivity contribution in [3.63, 3.8) is 0 Å². The number of benzene rings is 1. The Morgan fingerprint density at radius 1 is 1.19 bits per heavy atom. The van der Waals surface area contributed by atoms with Crippen LogP contribution in [0.3, 0.4) is 0 Å². The van der Waals surface area contributed by atoms with E-state index in [0.29, 0.717) is 0 Å². The topological polar surface area (TPSA) is 38.7 Å². The Hall–Kier alpha value is -1.22. The predicted molar refractivity (Wildman–Crippen MR) is 59.8 cm³/mol. The van der Waals surface area contributed by atoms with Crippen LogP contribution in [0.25, 0.3) is 0 Å². The molecule has 0 aliphatic carbocycles. The van der Waals surface area contributed by atoms with Crippen LogP contribution in [0.1, 0.15) is 24.8 Å². The highest BCUT2D eigenvalue weighted by Crippen LogP contribution is 2.33. The monoisotopic (exact) mass is 220 g/mol. The van der Waals surface area contributed by atoms with Crippen LogP contribution in [0, 0.1) is 0 Å². The lowest BCUT2D eigenvalue weighted by atomic mass is 9.98. The van der Waals surface area contributed by atoms with Gasteiger partial charge in [0, 0.05) is 12.7 Å². The molecular formula is C13H16O3. The normalized spacial score (nSPS) is 28.5. The van der Waals surface area contributed by atoms with Crippen molar-refractivity contribution in [3.05, 3.63) is 23.8 Å². The first-order valence-electron chi connectivity index (χ1n) is 5.93. The van der Waals surface area contributed by atoms with Crippen molar-refractivity contribution < 1.29 is 14.6 Å². The molecule has 1 unspecified atom stereocenters. The summed E-state index contributed by atoms with van der Waals surface area (Å²) in [6, 6.07) is 5.36. The van der Waals surface area contributed by atoms with Crippen molar-refractivity contribution >= 4 is 0 Å². The number of rotatable bonds is 1. The zero-order valence-corrected chi connectivity index (χ0v) is 9.19. The molecule has 0 spiro atoms. The maximum absolute atomic E-state index is 9.43. The summed E-state index contributed by atoms with van der Waals surface area (Å²) in [5, 5.41) is 9.43. The molecule has 3 rings (SSSR count). The third kappa shape index (κ3) is 1.76. The second-order valence-electron chi connectivity index (χ2n) is 4.54. The third-order valence-corrected chi connectivity index (χ3v) is 3.41. The van der Waals surface area contributed by atoms with Crippen LogP contribution in [0.2, 0.25) is 0 Å². The summed E-state index contributed by atoms with van der Waals surface area (Å²) >= 11 is 0. The molecule has 1 saturated heterocycles. The molecule has 3 nitrogen and oxygen atoms in total. The predicted octanol–water partition coefficient (Wildman–Crippen LogP) is 2.26. The lowest BCUT2D eigenvalue weighted by Crippen LogP contribution is -2.34. The van der Waals surface area contributed by atoms with E-state index in [0.717, 1.165) is 38.0 Å². The molecule has 0 bridgehead atoms. The van der Waals surface area contributed by atoms with Gasteiger partial charge in [0.25, 0.3) is 0 Å². The maximum Gasteiger partial charge on any atom is 0.126 e. The number of aromatic hydroxyl groups is 1. The minimum Gasteiger partial charge on any atom is -0.508 e. The molecule has 2 atom stereocenters. The first-order valence-corrected chi connectivity index (χ1v) is 5.93. The van der Waals surface area contributed by atoms with Crippen molar-refractivity contribution in [2.75, 3.05) is 6.61 Å². The standard InChI is InChI=1S/C13H16O3/c14-10-5-3-9-4-6-12(16-13(9)8-10)11-2-1-7-15-11/h3,5,8,11-12,14H,1-2,4,6-7H2/t11?,12-/m0/s1. The van der Waals surface area contributed by atoms with Crippen molar-refractivity contribution in [2.24, 2.45) is 0 Å². The van der Waals surface area contributed by atoms with Gasteiger partial charge in [0.05, 0.1) is 6.10 Å². The number of hydrogen-bond donors (Lipinski definition) is 1. The molecule has 2 aliphatic rings. The van der Waals surface area contributed by atoms with Crippen LogP contribution in [-0.4, -0.2) is 23.9 Å². The molecule has 2 aliphatic heterocycles. The van der Waals surface area contributed by atoms with Gasteiger partial charge < -0.3 is 14.6 Å². The van der Waals surface area contributed by atoms with Crippen LogP contribution in [0.15, 0.2) is 18.2 Å². The fourth-order valence-corrected chi connectivity index (χ4v) is 2.54. The molecule has 86 valence electrons. The number of ether oxygens (including phenoxy) is 2. The van der Waals surface area contributed by atoms with Gasteiger partial charge in [-0.2, -0.15) is 0 Å². The van der Waals surface area contributed by atoms with Crippen molar-refractivity contribution in [1.29, 1.82) is 0 Å². The minimum atomic E-state index is 0.164. The van der Waals surface area contributed by atoms with Crippen LogP contribution in [0.4, 0.5) is 0 Å². The van der Waals surface area contributed by atoms with Gasteiger partial charge in [0.15, 0.2) is 0 Å². The molecular weight excluding hydrogens is 204 g/mol. The Balaban J connectivity index is 1.79. The molecule has 0 amide bonds. The van der Waals surface area contributed by atoms with E-state index in [1.807, 2.05) is 6.07 Å². The molecule has 1 N–H and O–H groups in total. The van der Waals surface area contributed by atoms with Gasteiger partial charge in [-0.1, -0.05) is 6.07 Å². The van der Waals surface area contributed by atoms with Crippen LogP contribution in [0.5, 0.6) is 11.5 Å². The van der Waals surface area contributed by atoms with Gasteiger partial charge >= 0.3 is 0 Å². The van der Waals surface area contributed by atoms with Gasteiger partial charge in [-0.25, -0.2) is 0 Å². The van der Waals surface area contributed by atoms with E-state index < -0.39 is 0 Å². The van der Waals surface area contributed by atoms with Gasteiger partial charge in [-0.15, -0.1) is 0 Å². The van der Waals surface area contributed by atoms with Crippen molar-refractivity contribution in [1.82, 2.24) is 0 Å². The first-order chi connectivity index (χ1) is 7.83. The molecule has 0 aromatic heterocycles. The quantitative estimate of drug-likeness (QED) is 0.789. The molecule has 1 aromatic rings. The summed E-state index contributed by atoms with van der Waals surface area (Å²) in [6.07, 6.45) is 4.67. The fourth-order valence-electron chi connectivity index (χ4n) is 2.54. The SMILES string of the molecule is Oc1ccc2c(c1)O[C@H](C1CCCO1)CC2. The summed E-state index contributed by atoms with van der Waals surface area (Å²) in [4.78, 5) is 0. The summed E-state index contributed by atoms with van der Waals surface area (Å²) in [7, 11) is 0. The molecule has 1 fully saturated rings. The number of phenolic OH excluding ortho intramolecular Hbond substituents is 1.